The first-order valence-electron chi connectivity index (χ1n) is 8.10. The Labute approximate surface area is 154 Å². The number of anilines is 1. The fourth-order valence-corrected chi connectivity index (χ4v) is 3.32. The molecule has 0 fully saturated rings. The lowest BCUT2D eigenvalue weighted by Gasteiger charge is -2.11. The zero-order chi connectivity index (χ0) is 17.9. The summed E-state index contributed by atoms with van der Waals surface area (Å²) >= 11 is 1.38. The van der Waals surface area contributed by atoms with Crippen LogP contribution in [0.2, 0.25) is 0 Å². The van der Waals surface area contributed by atoms with Gasteiger partial charge in [-0.1, -0.05) is 24.3 Å². The van der Waals surface area contributed by atoms with Gasteiger partial charge in [0, 0.05) is 12.1 Å². The molecule has 5 nitrogen and oxygen atoms in total. The Kier molecular flexibility index (Phi) is 4.41. The Morgan fingerprint density at radius 1 is 1.04 bits per heavy atom. The van der Waals surface area contributed by atoms with Crippen molar-refractivity contribution in [3.05, 3.63) is 76.5 Å². The molecule has 1 aliphatic rings. The molecule has 2 aromatic carbocycles. The smallest absolute Gasteiger partial charge is 0.353 e. The summed E-state index contributed by atoms with van der Waals surface area (Å²) in [4.78, 5) is 24.9. The first-order valence-corrected chi connectivity index (χ1v) is 8.98. The molecule has 1 N–H and O–H groups in total. The molecule has 1 amide bonds. The summed E-state index contributed by atoms with van der Waals surface area (Å²) in [6.07, 6.45) is -0.130. The second-order valence-electron chi connectivity index (χ2n) is 5.80. The Morgan fingerprint density at radius 2 is 1.85 bits per heavy atom. The molecule has 1 atom stereocenters. The molecular formula is C20H15NO4S. The molecule has 0 saturated carbocycles. The molecule has 2 heterocycles. The van der Waals surface area contributed by atoms with E-state index in [9.17, 15) is 9.59 Å². The molecule has 4 rings (SSSR count). The van der Waals surface area contributed by atoms with Gasteiger partial charge in [0.05, 0.1) is 4.88 Å². The van der Waals surface area contributed by atoms with Gasteiger partial charge in [0.2, 0.25) is 0 Å². The summed E-state index contributed by atoms with van der Waals surface area (Å²) in [7, 11) is 0. The lowest BCUT2D eigenvalue weighted by molar-refractivity contribution is -0.141. The van der Waals surface area contributed by atoms with E-state index in [0.29, 0.717) is 22.7 Å². The van der Waals surface area contributed by atoms with Crippen molar-refractivity contribution in [3.63, 3.8) is 0 Å². The molecule has 130 valence electrons. The number of hydrogen-bond donors (Lipinski definition) is 1. The SMILES string of the molecule is O=C(Nc1ccc(OC(=O)[C@H]2Cc3ccccc3O2)cc1)c1cccs1. The monoisotopic (exact) mass is 365 g/mol. The molecule has 6 heteroatoms. The maximum absolute atomic E-state index is 12.3. The van der Waals surface area contributed by atoms with Crippen LogP contribution in [0, 0.1) is 0 Å². The van der Waals surface area contributed by atoms with E-state index in [1.54, 1.807) is 30.3 Å². The minimum atomic E-state index is -0.634. The molecule has 1 aliphatic heterocycles. The summed E-state index contributed by atoms with van der Waals surface area (Å²) in [5.74, 6) is 0.531. The number of carbonyl (C=O) groups excluding carboxylic acids is 2. The zero-order valence-electron chi connectivity index (χ0n) is 13.7. The summed E-state index contributed by atoms with van der Waals surface area (Å²) in [6.45, 7) is 0. The van der Waals surface area contributed by atoms with Crippen LogP contribution in [0.5, 0.6) is 11.5 Å². The third-order valence-electron chi connectivity index (χ3n) is 3.99. The van der Waals surface area contributed by atoms with Gasteiger partial charge in [-0.2, -0.15) is 0 Å². The number of rotatable bonds is 4. The van der Waals surface area contributed by atoms with Gasteiger partial charge < -0.3 is 14.8 Å². The van der Waals surface area contributed by atoms with Gasteiger partial charge in [0.15, 0.2) is 6.10 Å². The van der Waals surface area contributed by atoms with E-state index >= 15 is 0 Å². The van der Waals surface area contributed by atoms with Gasteiger partial charge in [-0.3, -0.25) is 4.79 Å². The largest absolute Gasteiger partial charge is 0.478 e. The first-order chi connectivity index (χ1) is 12.7. The molecule has 0 spiro atoms. The fraction of sp³-hybridized carbons (Fsp3) is 0.100. The first kappa shape index (κ1) is 16.4. The highest BCUT2D eigenvalue weighted by atomic mass is 32.1. The number of hydrogen-bond acceptors (Lipinski definition) is 5. The molecule has 0 aliphatic carbocycles. The Balaban J connectivity index is 1.36. The number of amides is 1. The van der Waals surface area contributed by atoms with Crippen molar-refractivity contribution in [2.24, 2.45) is 0 Å². The van der Waals surface area contributed by atoms with Crippen molar-refractivity contribution >= 4 is 28.9 Å². The number of para-hydroxylation sites is 1. The lowest BCUT2D eigenvalue weighted by Crippen LogP contribution is -2.29. The van der Waals surface area contributed by atoms with Crippen LogP contribution in [-0.2, 0) is 11.2 Å². The minimum Gasteiger partial charge on any atom is -0.478 e. The van der Waals surface area contributed by atoms with Crippen molar-refractivity contribution in [3.8, 4) is 11.5 Å². The van der Waals surface area contributed by atoms with E-state index in [2.05, 4.69) is 5.32 Å². The van der Waals surface area contributed by atoms with Crippen LogP contribution in [0.25, 0.3) is 0 Å². The van der Waals surface area contributed by atoms with Crippen LogP contribution in [0.3, 0.4) is 0 Å². The van der Waals surface area contributed by atoms with Gasteiger partial charge in [0.1, 0.15) is 11.5 Å². The van der Waals surface area contributed by atoms with E-state index in [1.807, 2.05) is 35.7 Å². The molecule has 0 radical (unpaired) electrons. The predicted octanol–water partition coefficient (Wildman–Crippen LogP) is 3.91. The normalized spacial score (nSPS) is 15.0. The average molecular weight is 365 g/mol. The van der Waals surface area contributed by atoms with E-state index < -0.39 is 12.1 Å². The van der Waals surface area contributed by atoms with E-state index in [1.165, 1.54) is 11.3 Å². The van der Waals surface area contributed by atoms with Crippen LogP contribution in [-0.4, -0.2) is 18.0 Å². The van der Waals surface area contributed by atoms with Gasteiger partial charge in [-0.15, -0.1) is 11.3 Å². The highest BCUT2D eigenvalue weighted by Crippen LogP contribution is 2.29. The Bertz CT molecular complexity index is 910. The van der Waals surface area contributed by atoms with Crippen LogP contribution < -0.4 is 14.8 Å². The maximum Gasteiger partial charge on any atom is 0.353 e. The average Bonchev–Trinajstić information content (AvgIpc) is 3.33. The lowest BCUT2D eigenvalue weighted by atomic mass is 10.1. The fourth-order valence-electron chi connectivity index (χ4n) is 2.70. The van der Waals surface area contributed by atoms with Crippen LogP contribution in [0.4, 0.5) is 5.69 Å². The third kappa shape index (κ3) is 3.45. The summed E-state index contributed by atoms with van der Waals surface area (Å²) in [5, 5.41) is 4.65. The van der Waals surface area contributed by atoms with Crippen LogP contribution in [0.1, 0.15) is 15.2 Å². The highest BCUT2D eigenvalue weighted by molar-refractivity contribution is 7.12. The van der Waals surface area contributed by atoms with E-state index in [0.717, 1.165) is 11.3 Å². The molecule has 26 heavy (non-hydrogen) atoms. The summed E-state index contributed by atoms with van der Waals surface area (Å²) in [6, 6.07) is 17.8. The van der Waals surface area contributed by atoms with E-state index in [4.69, 9.17) is 9.47 Å². The molecule has 0 unspecified atom stereocenters. The molecular weight excluding hydrogens is 350 g/mol. The van der Waals surface area contributed by atoms with Crippen molar-refractivity contribution in [1.82, 2.24) is 0 Å². The van der Waals surface area contributed by atoms with Crippen molar-refractivity contribution < 1.29 is 19.1 Å². The number of ether oxygens (including phenoxy) is 2. The number of carbonyl (C=O) groups is 2. The Hall–Kier alpha value is -3.12. The van der Waals surface area contributed by atoms with Crippen molar-refractivity contribution in [2.75, 3.05) is 5.32 Å². The van der Waals surface area contributed by atoms with Gasteiger partial charge >= 0.3 is 5.97 Å². The second-order valence-corrected chi connectivity index (χ2v) is 6.74. The third-order valence-corrected chi connectivity index (χ3v) is 4.85. The quantitative estimate of drug-likeness (QED) is 0.562. The van der Waals surface area contributed by atoms with Crippen LogP contribution >= 0.6 is 11.3 Å². The molecule has 3 aromatic rings. The standard InChI is InChI=1S/C20H15NO4S/c22-19(18-6-3-11-26-18)21-14-7-9-15(10-8-14)24-20(23)17-12-13-4-1-2-5-16(13)25-17/h1-11,17H,12H2,(H,21,22)/t17-/m1/s1. The van der Waals surface area contributed by atoms with Gasteiger partial charge in [-0.05, 0) is 47.3 Å². The van der Waals surface area contributed by atoms with Crippen LogP contribution in [0.15, 0.2) is 66.0 Å². The van der Waals surface area contributed by atoms with Crippen molar-refractivity contribution in [2.45, 2.75) is 12.5 Å². The molecule has 1 aromatic heterocycles. The van der Waals surface area contributed by atoms with Gasteiger partial charge in [0.25, 0.3) is 5.91 Å². The topological polar surface area (TPSA) is 64.6 Å². The number of benzene rings is 2. The molecule has 0 bridgehead atoms. The summed E-state index contributed by atoms with van der Waals surface area (Å²) < 4.78 is 11.0. The zero-order valence-corrected chi connectivity index (χ0v) is 14.5. The van der Waals surface area contributed by atoms with E-state index in [-0.39, 0.29) is 5.91 Å². The number of nitrogens with one attached hydrogen (secondary N) is 1. The molecule has 0 saturated heterocycles. The highest BCUT2D eigenvalue weighted by Gasteiger charge is 2.30. The second kappa shape index (κ2) is 7.01. The predicted molar refractivity (Wildman–Crippen MR) is 98.9 cm³/mol. The number of thiophene rings is 1. The number of fused-ring (bicyclic) bond motifs is 1. The number of esters is 1. The van der Waals surface area contributed by atoms with Gasteiger partial charge in [-0.25, -0.2) is 4.79 Å². The maximum atomic E-state index is 12.3. The summed E-state index contributed by atoms with van der Waals surface area (Å²) in [5.41, 5.74) is 1.63. The van der Waals surface area contributed by atoms with Crippen molar-refractivity contribution in [1.29, 1.82) is 0 Å². The minimum absolute atomic E-state index is 0.165. The Morgan fingerprint density at radius 3 is 2.58 bits per heavy atom.